The number of methoxy groups -OCH3 is 1. The highest BCUT2D eigenvalue weighted by molar-refractivity contribution is 4.66. The van der Waals surface area contributed by atoms with Crippen LogP contribution in [0.2, 0.25) is 0 Å². The SMILES string of the molecule is C=CCCCNCCOC. The molecule has 2 nitrogen and oxygen atoms in total. The maximum Gasteiger partial charge on any atom is 0.0587 e. The predicted molar refractivity (Wildman–Crippen MR) is 44.2 cm³/mol. The molecule has 0 saturated heterocycles. The van der Waals surface area contributed by atoms with Gasteiger partial charge in [-0.25, -0.2) is 0 Å². The van der Waals surface area contributed by atoms with E-state index in [1.165, 1.54) is 6.42 Å². The Balaban J connectivity index is 2.70. The van der Waals surface area contributed by atoms with Crippen molar-refractivity contribution in [2.75, 3.05) is 26.8 Å². The summed E-state index contributed by atoms with van der Waals surface area (Å²) in [4.78, 5) is 0. The third kappa shape index (κ3) is 7.66. The van der Waals surface area contributed by atoms with Gasteiger partial charge in [-0.3, -0.25) is 0 Å². The van der Waals surface area contributed by atoms with Crippen LogP contribution in [0.3, 0.4) is 0 Å². The Hall–Kier alpha value is -0.340. The Morgan fingerprint density at radius 1 is 1.50 bits per heavy atom. The standard InChI is InChI=1S/C8H17NO/c1-3-4-5-6-9-7-8-10-2/h3,9H,1,4-8H2,2H3. The maximum absolute atomic E-state index is 4.87. The van der Waals surface area contributed by atoms with Crippen molar-refractivity contribution in [2.24, 2.45) is 0 Å². The van der Waals surface area contributed by atoms with E-state index < -0.39 is 0 Å². The van der Waals surface area contributed by atoms with Gasteiger partial charge < -0.3 is 10.1 Å². The summed E-state index contributed by atoms with van der Waals surface area (Å²) < 4.78 is 4.87. The largest absolute Gasteiger partial charge is 0.383 e. The van der Waals surface area contributed by atoms with Gasteiger partial charge in [-0.1, -0.05) is 6.08 Å². The molecule has 0 aromatic heterocycles. The van der Waals surface area contributed by atoms with E-state index in [1.54, 1.807) is 7.11 Å². The third-order valence-electron chi connectivity index (χ3n) is 1.24. The second-order valence-electron chi connectivity index (χ2n) is 2.17. The highest BCUT2D eigenvalue weighted by Crippen LogP contribution is 1.85. The van der Waals surface area contributed by atoms with Gasteiger partial charge in [0.05, 0.1) is 6.61 Å². The molecule has 0 heterocycles. The van der Waals surface area contributed by atoms with Crippen molar-refractivity contribution in [3.63, 3.8) is 0 Å². The van der Waals surface area contributed by atoms with E-state index >= 15 is 0 Å². The number of rotatable bonds is 7. The fourth-order valence-electron chi connectivity index (χ4n) is 0.671. The number of ether oxygens (including phenoxy) is 1. The Labute approximate surface area is 63.3 Å². The Morgan fingerprint density at radius 2 is 2.30 bits per heavy atom. The zero-order valence-corrected chi connectivity index (χ0v) is 6.73. The van der Waals surface area contributed by atoms with Crippen molar-refractivity contribution in [3.8, 4) is 0 Å². The molecular weight excluding hydrogens is 126 g/mol. The first kappa shape index (κ1) is 9.66. The average molecular weight is 143 g/mol. The van der Waals surface area contributed by atoms with Gasteiger partial charge in [0.1, 0.15) is 0 Å². The Bertz CT molecular complexity index is 73.7. The summed E-state index contributed by atoms with van der Waals surface area (Å²) in [6.45, 7) is 6.46. The molecule has 0 rings (SSSR count). The topological polar surface area (TPSA) is 21.3 Å². The van der Waals surface area contributed by atoms with E-state index in [0.29, 0.717) is 0 Å². The van der Waals surface area contributed by atoms with Crippen molar-refractivity contribution in [1.29, 1.82) is 0 Å². The number of nitrogens with one attached hydrogen (secondary N) is 1. The molecule has 0 radical (unpaired) electrons. The summed E-state index contributed by atoms with van der Waals surface area (Å²) >= 11 is 0. The number of hydrogen-bond donors (Lipinski definition) is 1. The fraction of sp³-hybridized carbons (Fsp3) is 0.750. The first-order chi connectivity index (χ1) is 4.91. The van der Waals surface area contributed by atoms with Gasteiger partial charge in [-0.15, -0.1) is 6.58 Å². The Morgan fingerprint density at radius 3 is 2.90 bits per heavy atom. The highest BCUT2D eigenvalue weighted by atomic mass is 16.5. The van der Waals surface area contributed by atoms with Crippen LogP contribution < -0.4 is 5.32 Å². The molecular formula is C8H17NO. The minimum absolute atomic E-state index is 0.800. The van der Waals surface area contributed by atoms with Crippen LogP contribution in [-0.2, 0) is 4.74 Å². The lowest BCUT2D eigenvalue weighted by molar-refractivity contribution is 0.199. The monoisotopic (exact) mass is 143 g/mol. The zero-order valence-electron chi connectivity index (χ0n) is 6.73. The second-order valence-corrected chi connectivity index (χ2v) is 2.17. The summed E-state index contributed by atoms with van der Waals surface area (Å²) in [7, 11) is 1.71. The smallest absolute Gasteiger partial charge is 0.0587 e. The minimum atomic E-state index is 0.800. The van der Waals surface area contributed by atoms with Crippen molar-refractivity contribution in [1.82, 2.24) is 5.32 Å². The molecule has 0 atom stereocenters. The number of unbranched alkanes of at least 4 members (excludes halogenated alkanes) is 1. The van der Waals surface area contributed by atoms with Crippen molar-refractivity contribution < 1.29 is 4.74 Å². The molecule has 10 heavy (non-hydrogen) atoms. The lowest BCUT2D eigenvalue weighted by atomic mass is 10.3. The van der Waals surface area contributed by atoms with Gasteiger partial charge in [0.15, 0.2) is 0 Å². The molecule has 0 aromatic carbocycles. The van der Waals surface area contributed by atoms with E-state index in [2.05, 4.69) is 11.9 Å². The van der Waals surface area contributed by atoms with Crippen LogP contribution in [0.5, 0.6) is 0 Å². The van der Waals surface area contributed by atoms with E-state index in [1.807, 2.05) is 6.08 Å². The molecule has 0 unspecified atom stereocenters. The van der Waals surface area contributed by atoms with Gasteiger partial charge in [0.2, 0.25) is 0 Å². The summed E-state index contributed by atoms with van der Waals surface area (Å²) in [5.74, 6) is 0. The van der Waals surface area contributed by atoms with Crippen LogP contribution >= 0.6 is 0 Å². The molecule has 0 fully saturated rings. The first-order valence-corrected chi connectivity index (χ1v) is 3.72. The normalized spacial score (nSPS) is 9.70. The molecule has 0 aliphatic heterocycles. The first-order valence-electron chi connectivity index (χ1n) is 3.72. The van der Waals surface area contributed by atoms with Crippen LogP contribution in [0.1, 0.15) is 12.8 Å². The lowest BCUT2D eigenvalue weighted by Gasteiger charge is -2.00. The Kier molecular flexibility index (Phi) is 8.37. The van der Waals surface area contributed by atoms with E-state index in [-0.39, 0.29) is 0 Å². The molecule has 0 amide bonds. The second kappa shape index (κ2) is 8.66. The quantitative estimate of drug-likeness (QED) is 0.427. The van der Waals surface area contributed by atoms with E-state index in [4.69, 9.17) is 4.74 Å². The highest BCUT2D eigenvalue weighted by Gasteiger charge is 1.84. The van der Waals surface area contributed by atoms with E-state index in [9.17, 15) is 0 Å². The van der Waals surface area contributed by atoms with Gasteiger partial charge in [0.25, 0.3) is 0 Å². The summed E-state index contributed by atoms with van der Waals surface area (Å²) in [5, 5.41) is 3.25. The zero-order chi connectivity index (χ0) is 7.66. The molecule has 2 heteroatoms. The van der Waals surface area contributed by atoms with Gasteiger partial charge in [-0.05, 0) is 19.4 Å². The molecule has 60 valence electrons. The molecule has 0 aliphatic rings. The minimum Gasteiger partial charge on any atom is -0.383 e. The number of hydrogen-bond acceptors (Lipinski definition) is 2. The average Bonchev–Trinajstić information content (AvgIpc) is 1.97. The fourth-order valence-corrected chi connectivity index (χ4v) is 0.671. The molecule has 1 N–H and O–H groups in total. The summed E-state index contributed by atoms with van der Waals surface area (Å²) in [6.07, 6.45) is 4.21. The van der Waals surface area contributed by atoms with Crippen molar-refractivity contribution >= 4 is 0 Å². The van der Waals surface area contributed by atoms with Gasteiger partial charge in [-0.2, -0.15) is 0 Å². The number of allylic oxidation sites excluding steroid dienone is 1. The molecule has 0 aromatic rings. The van der Waals surface area contributed by atoms with Crippen LogP contribution in [0, 0.1) is 0 Å². The molecule has 0 spiro atoms. The van der Waals surface area contributed by atoms with Crippen LogP contribution in [0.15, 0.2) is 12.7 Å². The summed E-state index contributed by atoms with van der Waals surface area (Å²) in [5.41, 5.74) is 0. The van der Waals surface area contributed by atoms with Gasteiger partial charge >= 0.3 is 0 Å². The molecule has 0 aliphatic carbocycles. The van der Waals surface area contributed by atoms with Crippen LogP contribution in [-0.4, -0.2) is 26.8 Å². The van der Waals surface area contributed by atoms with Gasteiger partial charge in [0, 0.05) is 13.7 Å². The predicted octanol–water partition coefficient (Wildman–Crippen LogP) is 1.19. The van der Waals surface area contributed by atoms with Crippen molar-refractivity contribution in [2.45, 2.75) is 12.8 Å². The summed E-state index contributed by atoms with van der Waals surface area (Å²) in [6, 6.07) is 0. The lowest BCUT2D eigenvalue weighted by Crippen LogP contribution is -2.19. The van der Waals surface area contributed by atoms with E-state index in [0.717, 1.165) is 26.1 Å². The third-order valence-corrected chi connectivity index (χ3v) is 1.24. The molecule has 0 bridgehead atoms. The molecule has 0 saturated carbocycles. The van der Waals surface area contributed by atoms with Crippen LogP contribution in [0.4, 0.5) is 0 Å². The maximum atomic E-state index is 4.87. The van der Waals surface area contributed by atoms with Crippen molar-refractivity contribution in [3.05, 3.63) is 12.7 Å². The van der Waals surface area contributed by atoms with Crippen LogP contribution in [0.25, 0.3) is 0 Å².